The Morgan fingerprint density at radius 3 is 2.88 bits per heavy atom. The fraction of sp³-hybridized carbons (Fsp3) is 0.611. The fourth-order valence-corrected chi connectivity index (χ4v) is 3.69. The van der Waals surface area contributed by atoms with Crippen LogP contribution >= 0.6 is 0 Å². The van der Waals surface area contributed by atoms with Crippen LogP contribution in [-0.4, -0.2) is 58.0 Å². The summed E-state index contributed by atoms with van der Waals surface area (Å²) >= 11 is 0. The summed E-state index contributed by atoms with van der Waals surface area (Å²) in [6.45, 7) is 1.61. The van der Waals surface area contributed by atoms with E-state index < -0.39 is 6.17 Å². The van der Waals surface area contributed by atoms with E-state index >= 15 is 0 Å². The van der Waals surface area contributed by atoms with E-state index in [4.69, 9.17) is 0 Å². The van der Waals surface area contributed by atoms with Gasteiger partial charge in [-0.2, -0.15) is 0 Å². The lowest BCUT2D eigenvalue weighted by atomic mass is 9.93. The zero-order valence-electron chi connectivity index (χ0n) is 14.1. The molecule has 1 aromatic rings. The average Bonchev–Trinajstić information content (AvgIpc) is 2.95. The number of carbonyl (C=O) groups excluding carboxylic acids is 1. The monoisotopic (exact) mass is 332 g/mol. The second-order valence-electron chi connectivity index (χ2n) is 6.86. The number of hydrogen-bond donors (Lipinski definition) is 0. The highest BCUT2D eigenvalue weighted by atomic mass is 19.1. The number of likely N-dealkylation sites (N-methyl/N-ethyl adjacent to an activating group) is 1. The molecule has 0 spiro atoms. The lowest BCUT2D eigenvalue weighted by molar-refractivity contribution is -0.135. The molecule has 1 aliphatic carbocycles. The molecule has 3 rings (SSSR count). The van der Waals surface area contributed by atoms with Gasteiger partial charge in [0.2, 0.25) is 5.91 Å². The average molecular weight is 332 g/mol. The molecule has 0 saturated carbocycles. The van der Waals surface area contributed by atoms with E-state index in [-0.39, 0.29) is 17.9 Å². The Kier molecular flexibility index (Phi) is 5.56. The van der Waals surface area contributed by atoms with Crippen molar-refractivity contribution < 1.29 is 9.18 Å². The first-order chi connectivity index (χ1) is 11.6. The standard InChI is InChI=1S/C18H25FN4O/c1-22(18(24)15-5-3-2-4-6-15)12-17-7-16(19)11-23(17)10-14-8-20-13-21-9-14/h2-3,8-9,13,15-17H,4-7,10-12H2,1H3/t15-,16+,17+/m1/s1. The highest BCUT2D eigenvalue weighted by Gasteiger charge is 2.34. The normalized spacial score (nSPS) is 27.3. The molecule has 0 radical (unpaired) electrons. The molecule has 2 aliphatic rings. The van der Waals surface area contributed by atoms with Crippen LogP contribution in [0, 0.1) is 5.92 Å². The van der Waals surface area contributed by atoms with Crippen LogP contribution in [-0.2, 0) is 11.3 Å². The molecule has 0 aromatic carbocycles. The minimum Gasteiger partial charge on any atom is -0.344 e. The number of hydrogen-bond acceptors (Lipinski definition) is 4. The topological polar surface area (TPSA) is 49.3 Å². The Morgan fingerprint density at radius 2 is 2.17 bits per heavy atom. The summed E-state index contributed by atoms with van der Waals surface area (Å²) < 4.78 is 13.9. The molecule has 1 saturated heterocycles. The highest BCUT2D eigenvalue weighted by molar-refractivity contribution is 5.79. The molecular weight excluding hydrogens is 307 g/mol. The van der Waals surface area contributed by atoms with Crippen molar-refractivity contribution in [3.63, 3.8) is 0 Å². The van der Waals surface area contributed by atoms with Crippen molar-refractivity contribution in [3.8, 4) is 0 Å². The summed E-state index contributed by atoms with van der Waals surface area (Å²) in [5.41, 5.74) is 0.975. The van der Waals surface area contributed by atoms with Crippen LogP contribution in [0.3, 0.4) is 0 Å². The molecule has 24 heavy (non-hydrogen) atoms. The summed E-state index contributed by atoms with van der Waals surface area (Å²) in [6, 6.07) is 0.0493. The van der Waals surface area contributed by atoms with Crippen molar-refractivity contribution in [1.82, 2.24) is 19.8 Å². The molecular formula is C18H25FN4O. The number of rotatable bonds is 5. The van der Waals surface area contributed by atoms with Gasteiger partial charge < -0.3 is 4.90 Å². The van der Waals surface area contributed by atoms with Crippen molar-refractivity contribution >= 4 is 5.91 Å². The predicted octanol–water partition coefficient (Wildman–Crippen LogP) is 2.20. The number of carbonyl (C=O) groups is 1. The minimum absolute atomic E-state index is 0.0493. The Bertz CT molecular complexity index is 580. The van der Waals surface area contributed by atoms with E-state index in [1.165, 1.54) is 6.33 Å². The quantitative estimate of drug-likeness (QED) is 0.776. The van der Waals surface area contributed by atoms with Gasteiger partial charge >= 0.3 is 0 Å². The maximum Gasteiger partial charge on any atom is 0.225 e. The van der Waals surface area contributed by atoms with Gasteiger partial charge in [0.25, 0.3) is 0 Å². The summed E-state index contributed by atoms with van der Waals surface area (Å²) in [6.07, 6.45) is 11.6. The van der Waals surface area contributed by atoms with E-state index in [0.717, 1.165) is 24.8 Å². The van der Waals surface area contributed by atoms with Gasteiger partial charge in [0, 0.05) is 56.6 Å². The lowest BCUT2D eigenvalue weighted by Crippen LogP contribution is -2.43. The second kappa shape index (κ2) is 7.83. The first-order valence-corrected chi connectivity index (χ1v) is 8.65. The largest absolute Gasteiger partial charge is 0.344 e. The number of amides is 1. The van der Waals surface area contributed by atoms with Gasteiger partial charge in [-0.05, 0) is 25.7 Å². The molecule has 0 bridgehead atoms. The predicted molar refractivity (Wildman–Crippen MR) is 89.9 cm³/mol. The van der Waals surface area contributed by atoms with Crippen LogP contribution in [0.1, 0.15) is 31.2 Å². The minimum atomic E-state index is -0.833. The van der Waals surface area contributed by atoms with Crippen LogP contribution in [0.15, 0.2) is 30.9 Å². The molecule has 0 N–H and O–H groups in total. The van der Waals surface area contributed by atoms with Gasteiger partial charge in [-0.25, -0.2) is 14.4 Å². The summed E-state index contributed by atoms with van der Waals surface area (Å²) in [4.78, 5) is 24.5. The van der Waals surface area contributed by atoms with Crippen LogP contribution < -0.4 is 0 Å². The van der Waals surface area contributed by atoms with Gasteiger partial charge in [-0.1, -0.05) is 12.2 Å². The number of aromatic nitrogens is 2. The zero-order valence-corrected chi connectivity index (χ0v) is 14.1. The van der Waals surface area contributed by atoms with E-state index in [2.05, 4.69) is 27.0 Å². The smallest absolute Gasteiger partial charge is 0.225 e. The fourth-order valence-electron chi connectivity index (χ4n) is 3.69. The van der Waals surface area contributed by atoms with Crippen LogP contribution in [0.25, 0.3) is 0 Å². The molecule has 1 aromatic heterocycles. The second-order valence-corrected chi connectivity index (χ2v) is 6.86. The number of halogens is 1. The summed E-state index contributed by atoms with van der Waals surface area (Å²) in [5, 5.41) is 0. The number of likely N-dealkylation sites (tertiary alicyclic amines) is 1. The molecule has 5 nitrogen and oxygen atoms in total. The number of alkyl halides is 1. The van der Waals surface area contributed by atoms with Crippen molar-refractivity contribution in [2.45, 2.75) is 44.4 Å². The van der Waals surface area contributed by atoms with Crippen molar-refractivity contribution in [1.29, 1.82) is 0 Å². The third-order valence-electron chi connectivity index (χ3n) is 4.96. The van der Waals surface area contributed by atoms with Crippen molar-refractivity contribution in [3.05, 3.63) is 36.4 Å². The van der Waals surface area contributed by atoms with Gasteiger partial charge in [0.1, 0.15) is 12.5 Å². The Balaban J connectivity index is 1.59. The van der Waals surface area contributed by atoms with Gasteiger partial charge in [0.15, 0.2) is 0 Å². The van der Waals surface area contributed by atoms with Gasteiger partial charge in [0.05, 0.1) is 0 Å². The third kappa shape index (κ3) is 4.17. The number of allylic oxidation sites excluding steroid dienone is 2. The first-order valence-electron chi connectivity index (χ1n) is 8.65. The van der Waals surface area contributed by atoms with Gasteiger partial charge in [-0.15, -0.1) is 0 Å². The summed E-state index contributed by atoms with van der Waals surface area (Å²) in [5.74, 6) is 0.267. The van der Waals surface area contributed by atoms with E-state index in [0.29, 0.717) is 26.1 Å². The Morgan fingerprint density at radius 1 is 1.38 bits per heavy atom. The zero-order chi connectivity index (χ0) is 16.9. The van der Waals surface area contributed by atoms with Crippen molar-refractivity contribution in [2.75, 3.05) is 20.1 Å². The molecule has 1 amide bonds. The first kappa shape index (κ1) is 17.0. The molecule has 0 unspecified atom stereocenters. The number of nitrogens with zero attached hydrogens (tertiary/aromatic N) is 4. The maximum absolute atomic E-state index is 13.9. The molecule has 1 aliphatic heterocycles. The van der Waals surface area contributed by atoms with Gasteiger partial charge in [-0.3, -0.25) is 9.69 Å². The maximum atomic E-state index is 13.9. The van der Waals surface area contributed by atoms with E-state index in [9.17, 15) is 9.18 Å². The summed E-state index contributed by atoms with van der Waals surface area (Å²) in [7, 11) is 1.84. The van der Waals surface area contributed by atoms with E-state index in [1.807, 2.05) is 7.05 Å². The molecule has 2 heterocycles. The SMILES string of the molecule is CN(C[C@@H]1C[C@H](F)CN1Cc1cncnc1)C(=O)[C@@H]1CC=CCC1. The Labute approximate surface area is 142 Å². The Hall–Kier alpha value is -1.82. The van der Waals surface area contributed by atoms with Crippen LogP contribution in [0.4, 0.5) is 4.39 Å². The lowest BCUT2D eigenvalue weighted by Gasteiger charge is -2.30. The molecule has 1 fully saturated rings. The highest BCUT2D eigenvalue weighted by Crippen LogP contribution is 2.25. The molecule has 3 atom stereocenters. The molecule has 130 valence electrons. The van der Waals surface area contributed by atoms with E-state index in [1.54, 1.807) is 17.3 Å². The van der Waals surface area contributed by atoms with Crippen LogP contribution in [0.2, 0.25) is 0 Å². The third-order valence-corrected chi connectivity index (χ3v) is 4.96. The van der Waals surface area contributed by atoms with Crippen molar-refractivity contribution in [2.24, 2.45) is 5.92 Å². The molecule has 6 heteroatoms. The van der Waals surface area contributed by atoms with Crippen LogP contribution in [0.5, 0.6) is 0 Å².